The number of nitrogens with one attached hydrogen (secondary N) is 1. The molecule has 1 fully saturated rings. The predicted octanol–water partition coefficient (Wildman–Crippen LogP) is 3.28. The van der Waals surface area contributed by atoms with Crippen molar-refractivity contribution >= 4 is 10.9 Å². The minimum atomic E-state index is 0.631. The number of rotatable bonds is 8. The number of nitrogens with zero attached hydrogens (tertiary/aromatic N) is 6. The van der Waals surface area contributed by atoms with Gasteiger partial charge in [0.25, 0.3) is 0 Å². The Labute approximate surface area is 182 Å². The molecule has 1 aromatic carbocycles. The van der Waals surface area contributed by atoms with Crippen molar-refractivity contribution < 1.29 is 0 Å². The van der Waals surface area contributed by atoms with Crippen LogP contribution in [0.15, 0.2) is 61.4 Å². The van der Waals surface area contributed by atoms with Crippen LogP contribution in [0.5, 0.6) is 0 Å². The Morgan fingerprint density at radius 2 is 2.13 bits per heavy atom. The number of H-pyrrole nitrogens is 1. The molecule has 0 saturated carbocycles. The Morgan fingerprint density at radius 3 is 2.97 bits per heavy atom. The lowest BCUT2D eigenvalue weighted by molar-refractivity contribution is 0.189. The number of pyridine rings is 1. The van der Waals surface area contributed by atoms with E-state index in [0.717, 1.165) is 37.4 Å². The van der Waals surface area contributed by atoms with Gasteiger partial charge in [-0.05, 0) is 50.0 Å². The number of benzene rings is 1. The molecule has 31 heavy (non-hydrogen) atoms. The number of likely N-dealkylation sites (tertiary alicyclic amines) is 1. The van der Waals surface area contributed by atoms with Gasteiger partial charge < -0.3 is 9.88 Å². The third kappa shape index (κ3) is 4.52. The number of aromatic nitrogens is 5. The van der Waals surface area contributed by atoms with E-state index in [9.17, 15) is 0 Å². The molecule has 1 aliphatic rings. The highest BCUT2D eigenvalue weighted by Crippen LogP contribution is 2.23. The van der Waals surface area contributed by atoms with Crippen LogP contribution >= 0.6 is 0 Å². The van der Waals surface area contributed by atoms with Gasteiger partial charge in [0.1, 0.15) is 12.7 Å². The molecule has 0 aliphatic carbocycles. The van der Waals surface area contributed by atoms with Crippen molar-refractivity contribution in [2.75, 3.05) is 26.7 Å². The van der Waals surface area contributed by atoms with E-state index in [0.29, 0.717) is 6.04 Å². The zero-order valence-electron chi connectivity index (χ0n) is 18.0. The second kappa shape index (κ2) is 8.99. The number of hydrogen-bond donors (Lipinski definition) is 1. The van der Waals surface area contributed by atoms with Crippen molar-refractivity contribution in [1.29, 1.82) is 0 Å². The van der Waals surface area contributed by atoms with Crippen molar-refractivity contribution in [3.8, 4) is 5.82 Å². The first-order chi connectivity index (χ1) is 15.3. The highest BCUT2D eigenvalue weighted by molar-refractivity contribution is 5.83. The largest absolute Gasteiger partial charge is 0.360 e. The van der Waals surface area contributed by atoms with E-state index in [-0.39, 0.29) is 0 Å². The third-order valence-corrected chi connectivity index (χ3v) is 6.28. The average molecular weight is 416 g/mol. The van der Waals surface area contributed by atoms with Crippen LogP contribution in [0.1, 0.15) is 24.0 Å². The summed E-state index contributed by atoms with van der Waals surface area (Å²) >= 11 is 0. The first-order valence-corrected chi connectivity index (χ1v) is 11.0. The van der Waals surface area contributed by atoms with Crippen molar-refractivity contribution in [3.63, 3.8) is 0 Å². The summed E-state index contributed by atoms with van der Waals surface area (Å²) in [7, 11) is 2.24. The number of fused-ring (bicyclic) bond motifs is 1. The van der Waals surface area contributed by atoms with Gasteiger partial charge in [-0.3, -0.25) is 4.90 Å². The standard InChI is InChI=1S/C24H29N7/c1-29(15-19-6-3-2-4-7-19)16-21-8-5-10-30(21)11-9-20-13-26-23-14-27-24(12-22(20)23)31-18-25-17-28-31/h2-4,6-7,12-14,17-18,21,26H,5,8-11,15-16H2,1H3/t21-/m0/s1. The smallest absolute Gasteiger partial charge is 0.155 e. The van der Waals surface area contributed by atoms with Crippen molar-refractivity contribution in [1.82, 2.24) is 34.5 Å². The summed E-state index contributed by atoms with van der Waals surface area (Å²) < 4.78 is 1.70. The molecule has 4 heterocycles. The maximum absolute atomic E-state index is 4.49. The molecular formula is C24H29N7. The molecule has 1 aliphatic heterocycles. The summed E-state index contributed by atoms with van der Waals surface area (Å²) in [5.74, 6) is 0.799. The lowest BCUT2D eigenvalue weighted by atomic mass is 10.1. The summed E-state index contributed by atoms with van der Waals surface area (Å²) in [6, 6.07) is 13.5. The number of likely N-dealkylation sites (N-methyl/N-ethyl adjacent to an activating group) is 1. The Morgan fingerprint density at radius 1 is 1.23 bits per heavy atom. The van der Waals surface area contributed by atoms with Gasteiger partial charge in [0.15, 0.2) is 5.82 Å². The van der Waals surface area contributed by atoms with E-state index in [1.54, 1.807) is 11.0 Å². The molecule has 5 rings (SSSR count). The highest BCUT2D eigenvalue weighted by atomic mass is 15.3. The van der Waals surface area contributed by atoms with Gasteiger partial charge >= 0.3 is 0 Å². The second-order valence-electron chi connectivity index (χ2n) is 8.51. The molecule has 0 spiro atoms. The molecule has 0 radical (unpaired) electrons. The molecule has 0 bridgehead atoms. The molecular weight excluding hydrogens is 386 g/mol. The van der Waals surface area contributed by atoms with Crippen molar-refractivity contribution in [3.05, 3.63) is 72.6 Å². The van der Waals surface area contributed by atoms with E-state index in [4.69, 9.17) is 0 Å². The Kier molecular flexibility index (Phi) is 5.78. The monoisotopic (exact) mass is 415 g/mol. The van der Waals surface area contributed by atoms with Crippen LogP contribution in [-0.4, -0.2) is 67.3 Å². The fraction of sp³-hybridized carbons (Fsp3) is 0.375. The summed E-state index contributed by atoms with van der Waals surface area (Å²) in [6.07, 6.45) is 10.8. The molecule has 7 nitrogen and oxygen atoms in total. The van der Waals surface area contributed by atoms with Gasteiger partial charge in [0.05, 0.1) is 11.7 Å². The van der Waals surface area contributed by atoms with Gasteiger partial charge in [-0.2, -0.15) is 5.10 Å². The van der Waals surface area contributed by atoms with Gasteiger partial charge in [-0.1, -0.05) is 30.3 Å². The molecule has 1 atom stereocenters. The van der Waals surface area contributed by atoms with E-state index >= 15 is 0 Å². The topological polar surface area (TPSA) is 65.9 Å². The summed E-state index contributed by atoms with van der Waals surface area (Å²) in [4.78, 5) is 17.0. The molecule has 3 aromatic heterocycles. The fourth-order valence-corrected chi connectivity index (χ4v) is 4.71. The minimum Gasteiger partial charge on any atom is -0.360 e. The molecule has 1 N–H and O–H groups in total. The lowest BCUT2D eigenvalue weighted by Crippen LogP contribution is -2.39. The molecule has 4 aromatic rings. The molecule has 7 heteroatoms. The maximum Gasteiger partial charge on any atom is 0.155 e. The number of hydrogen-bond acceptors (Lipinski definition) is 5. The zero-order valence-corrected chi connectivity index (χ0v) is 18.0. The van der Waals surface area contributed by atoms with Crippen molar-refractivity contribution in [2.24, 2.45) is 0 Å². The average Bonchev–Trinajstić information content (AvgIpc) is 3.54. The first kappa shape index (κ1) is 19.9. The van der Waals surface area contributed by atoms with Crippen LogP contribution in [0, 0.1) is 0 Å². The predicted molar refractivity (Wildman–Crippen MR) is 122 cm³/mol. The molecule has 0 amide bonds. The van der Waals surface area contributed by atoms with Gasteiger partial charge in [0, 0.05) is 37.3 Å². The van der Waals surface area contributed by atoms with Gasteiger partial charge in [0.2, 0.25) is 0 Å². The lowest BCUT2D eigenvalue weighted by Gasteiger charge is -2.28. The summed E-state index contributed by atoms with van der Waals surface area (Å²) in [5.41, 5.74) is 3.78. The first-order valence-electron chi connectivity index (χ1n) is 11.0. The third-order valence-electron chi connectivity index (χ3n) is 6.28. The van der Waals surface area contributed by atoms with E-state index < -0.39 is 0 Å². The summed E-state index contributed by atoms with van der Waals surface area (Å²) in [6.45, 7) is 4.39. The summed E-state index contributed by atoms with van der Waals surface area (Å²) in [5, 5.41) is 5.42. The highest BCUT2D eigenvalue weighted by Gasteiger charge is 2.25. The van der Waals surface area contributed by atoms with E-state index in [1.165, 1.54) is 42.2 Å². The van der Waals surface area contributed by atoms with Crippen LogP contribution in [0.2, 0.25) is 0 Å². The second-order valence-corrected chi connectivity index (χ2v) is 8.51. The SMILES string of the molecule is CN(Cc1ccccc1)C[C@@H]1CCCN1CCc1c[nH]c2cnc(-n3cncn3)cc12. The maximum atomic E-state index is 4.49. The minimum absolute atomic E-state index is 0.631. The quantitative estimate of drug-likeness (QED) is 0.478. The van der Waals surface area contributed by atoms with E-state index in [1.807, 2.05) is 6.20 Å². The molecule has 160 valence electrons. The van der Waals surface area contributed by atoms with Gasteiger partial charge in [-0.15, -0.1) is 0 Å². The van der Waals surface area contributed by atoms with Crippen LogP contribution in [0.4, 0.5) is 0 Å². The van der Waals surface area contributed by atoms with Gasteiger partial charge in [-0.25, -0.2) is 14.6 Å². The fourth-order valence-electron chi connectivity index (χ4n) is 4.71. The van der Waals surface area contributed by atoms with Crippen LogP contribution in [0.25, 0.3) is 16.7 Å². The van der Waals surface area contributed by atoms with Crippen LogP contribution in [-0.2, 0) is 13.0 Å². The van der Waals surface area contributed by atoms with Crippen LogP contribution < -0.4 is 0 Å². The molecule has 1 saturated heterocycles. The number of aromatic amines is 1. The Balaban J connectivity index is 1.23. The van der Waals surface area contributed by atoms with Crippen molar-refractivity contribution in [2.45, 2.75) is 31.8 Å². The Hall–Kier alpha value is -3.03. The van der Waals surface area contributed by atoms with E-state index in [2.05, 4.69) is 79.5 Å². The zero-order chi connectivity index (χ0) is 21.0. The van der Waals surface area contributed by atoms with Crippen LogP contribution in [0.3, 0.4) is 0 Å². The Bertz CT molecular complexity index is 1100. The normalized spacial score (nSPS) is 17.2. The molecule has 0 unspecified atom stereocenters.